The number of amides is 1. The number of nitriles is 2. The lowest BCUT2D eigenvalue weighted by atomic mass is 10.0. The Kier molecular flexibility index (Phi) is 8.09. The first-order valence-corrected chi connectivity index (χ1v) is 7.96. The Morgan fingerprint density at radius 1 is 1.11 bits per heavy atom. The standard InChI is InChI=1S/C14H21N3OS/c15-8-4-10-17(11-5-9-16)14(18)12-19-13-6-2-1-3-7-13/h13H,1-7,10-12H2. The molecule has 0 aromatic heterocycles. The van der Waals surface area contributed by atoms with Gasteiger partial charge in [0.25, 0.3) is 0 Å². The minimum atomic E-state index is 0.0704. The number of carbonyl (C=O) groups excluding carboxylic acids is 1. The molecule has 1 aliphatic rings. The normalized spacial score (nSPS) is 15.5. The van der Waals surface area contributed by atoms with E-state index in [0.29, 0.717) is 36.9 Å². The van der Waals surface area contributed by atoms with Crippen molar-refractivity contribution in [1.29, 1.82) is 10.5 Å². The predicted octanol–water partition coefficient (Wildman–Crippen LogP) is 2.71. The molecule has 19 heavy (non-hydrogen) atoms. The van der Waals surface area contributed by atoms with E-state index in [1.54, 1.807) is 16.7 Å². The van der Waals surface area contributed by atoms with Crippen molar-refractivity contribution in [3.8, 4) is 12.1 Å². The molecule has 0 spiro atoms. The van der Waals surface area contributed by atoms with Crippen molar-refractivity contribution in [1.82, 2.24) is 4.90 Å². The zero-order valence-corrected chi connectivity index (χ0v) is 12.1. The predicted molar refractivity (Wildman–Crippen MR) is 76.4 cm³/mol. The average molecular weight is 279 g/mol. The first kappa shape index (κ1) is 15.9. The van der Waals surface area contributed by atoms with Crippen LogP contribution < -0.4 is 0 Å². The van der Waals surface area contributed by atoms with Gasteiger partial charge in [-0.3, -0.25) is 4.79 Å². The van der Waals surface area contributed by atoms with Crippen LogP contribution in [0.5, 0.6) is 0 Å². The number of rotatable bonds is 7. The van der Waals surface area contributed by atoms with Crippen molar-refractivity contribution < 1.29 is 4.79 Å². The van der Waals surface area contributed by atoms with Crippen LogP contribution in [0, 0.1) is 22.7 Å². The second-order valence-electron chi connectivity index (χ2n) is 4.77. The summed E-state index contributed by atoms with van der Waals surface area (Å²) in [6.07, 6.45) is 6.98. The van der Waals surface area contributed by atoms with E-state index in [1.807, 2.05) is 0 Å². The molecule has 1 rings (SSSR count). The van der Waals surface area contributed by atoms with Crippen molar-refractivity contribution in [3.05, 3.63) is 0 Å². The molecular weight excluding hydrogens is 258 g/mol. The average Bonchev–Trinajstić information content (AvgIpc) is 2.46. The molecule has 0 N–H and O–H groups in total. The monoisotopic (exact) mass is 279 g/mol. The van der Waals surface area contributed by atoms with Crippen LogP contribution in [-0.2, 0) is 4.79 Å². The van der Waals surface area contributed by atoms with Gasteiger partial charge in [0.2, 0.25) is 5.91 Å². The Labute approximate surface area is 119 Å². The van der Waals surface area contributed by atoms with Crippen LogP contribution in [0.2, 0.25) is 0 Å². The van der Waals surface area contributed by atoms with Gasteiger partial charge in [-0.25, -0.2) is 0 Å². The second-order valence-corrected chi connectivity index (χ2v) is 6.06. The summed E-state index contributed by atoms with van der Waals surface area (Å²) in [5.74, 6) is 0.558. The summed E-state index contributed by atoms with van der Waals surface area (Å²) >= 11 is 1.74. The number of thioether (sulfide) groups is 1. The fraction of sp³-hybridized carbons (Fsp3) is 0.786. The van der Waals surface area contributed by atoms with Gasteiger partial charge in [-0.2, -0.15) is 10.5 Å². The third-order valence-electron chi connectivity index (χ3n) is 3.33. The lowest BCUT2D eigenvalue weighted by molar-refractivity contribution is -0.128. The highest BCUT2D eigenvalue weighted by Crippen LogP contribution is 2.28. The van der Waals surface area contributed by atoms with Crippen LogP contribution in [0.15, 0.2) is 0 Å². The number of nitrogens with zero attached hydrogens (tertiary/aromatic N) is 3. The highest BCUT2D eigenvalue weighted by Gasteiger charge is 2.18. The van der Waals surface area contributed by atoms with Gasteiger partial charge in [0.05, 0.1) is 30.7 Å². The molecule has 1 aliphatic carbocycles. The molecule has 0 heterocycles. The van der Waals surface area contributed by atoms with Gasteiger partial charge in [-0.1, -0.05) is 19.3 Å². The van der Waals surface area contributed by atoms with Crippen molar-refractivity contribution in [2.24, 2.45) is 0 Å². The third kappa shape index (κ3) is 6.50. The Hall–Kier alpha value is -1.20. The summed E-state index contributed by atoms with van der Waals surface area (Å²) in [6, 6.07) is 4.10. The molecule has 0 bridgehead atoms. The maximum atomic E-state index is 12.1. The fourth-order valence-electron chi connectivity index (χ4n) is 2.24. The lowest BCUT2D eigenvalue weighted by Gasteiger charge is -2.24. The quantitative estimate of drug-likeness (QED) is 0.718. The van der Waals surface area contributed by atoms with Crippen LogP contribution in [0.3, 0.4) is 0 Å². The summed E-state index contributed by atoms with van der Waals surface area (Å²) in [7, 11) is 0. The van der Waals surface area contributed by atoms with Crippen molar-refractivity contribution in [3.63, 3.8) is 0 Å². The molecule has 0 aromatic rings. The van der Waals surface area contributed by atoms with Crippen molar-refractivity contribution in [2.75, 3.05) is 18.8 Å². The first-order chi connectivity index (χ1) is 9.27. The van der Waals surface area contributed by atoms with E-state index in [-0.39, 0.29) is 5.91 Å². The zero-order chi connectivity index (χ0) is 13.9. The van der Waals surface area contributed by atoms with Crippen molar-refractivity contribution in [2.45, 2.75) is 50.2 Å². The minimum absolute atomic E-state index is 0.0704. The smallest absolute Gasteiger partial charge is 0.232 e. The largest absolute Gasteiger partial charge is 0.340 e. The molecule has 0 radical (unpaired) electrons. The Morgan fingerprint density at radius 3 is 2.21 bits per heavy atom. The minimum Gasteiger partial charge on any atom is -0.340 e. The highest BCUT2D eigenvalue weighted by atomic mass is 32.2. The van der Waals surface area contributed by atoms with E-state index in [1.165, 1.54) is 32.1 Å². The fourth-order valence-corrected chi connectivity index (χ4v) is 3.47. The maximum Gasteiger partial charge on any atom is 0.232 e. The molecule has 0 saturated heterocycles. The van der Waals surface area contributed by atoms with E-state index < -0.39 is 0 Å². The Morgan fingerprint density at radius 2 is 1.68 bits per heavy atom. The van der Waals surface area contributed by atoms with Crippen LogP contribution in [-0.4, -0.2) is 34.9 Å². The molecule has 0 aliphatic heterocycles. The van der Waals surface area contributed by atoms with E-state index in [9.17, 15) is 4.79 Å². The summed E-state index contributed by atoms with van der Waals surface area (Å²) in [5, 5.41) is 17.8. The number of carbonyl (C=O) groups is 1. The van der Waals surface area contributed by atoms with Crippen LogP contribution in [0.25, 0.3) is 0 Å². The summed E-state index contributed by atoms with van der Waals surface area (Å²) in [5.41, 5.74) is 0. The van der Waals surface area contributed by atoms with E-state index in [0.717, 1.165) is 0 Å². The summed E-state index contributed by atoms with van der Waals surface area (Å²) in [6.45, 7) is 0.893. The van der Waals surface area contributed by atoms with Crippen LogP contribution in [0.1, 0.15) is 44.9 Å². The van der Waals surface area contributed by atoms with E-state index in [2.05, 4.69) is 12.1 Å². The molecule has 104 valence electrons. The molecule has 1 fully saturated rings. The number of hydrogen-bond acceptors (Lipinski definition) is 4. The summed E-state index contributed by atoms with van der Waals surface area (Å²) < 4.78 is 0. The van der Waals surface area contributed by atoms with Gasteiger partial charge < -0.3 is 4.90 Å². The number of hydrogen-bond donors (Lipinski definition) is 0. The molecule has 0 atom stereocenters. The van der Waals surface area contributed by atoms with Crippen LogP contribution >= 0.6 is 11.8 Å². The van der Waals surface area contributed by atoms with Gasteiger partial charge >= 0.3 is 0 Å². The Bertz CT molecular complexity index is 335. The van der Waals surface area contributed by atoms with Gasteiger partial charge in [0.15, 0.2) is 0 Å². The SMILES string of the molecule is N#CCCN(CCC#N)C(=O)CSC1CCCCC1. The highest BCUT2D eigenvalue weighted by molar-refractivity contribution is 8.00. The molecule has 1 saturated carbocycles. The van der Waals surface area contributed by atoms with Gasteiger partial charge in [-0.05, 0) is 12.8 Å². The van der Waals surface area contributed by atoms with Gasteiger partial charge in [0.1, 0.15) is 0 Å². The maximum absolute atomic E-state index is 12.1. The second kappa shape index (κ2) is 9.69. The van der Waals surface area contributed by atoms with E-state index in [4.69, 9.17) is 10.5 Å². The van der Waals surface area contributed by atoms with Gasteiger partial charge in [-0.15, -0.1) is 11.8 Å². The van der Waals surface area contributed by atoms with Crippen molar-refractivity contribution >= 4 is 17.7 Å². The first-order valence-electron chi connectivity index (χ1n) is 6.91. The molecule has 0 unspecified atom stereocenters. The molecular formula is C14H21N3OS. The zero-order valence-electron chi connectivity index (χ0n) is 11.3. The topological polar surface area (TPSA) is 67.9 Å². The molecule has 5 heteroatoms. The van der Waals surface area contributed by atoms with Gasteiger partial charge in [0, 0.05) is 18.3 Å². The molecule has 1 amide bonds. The van der Waals surface area contributed by atoms with Crippen LogP contribution in [0.4, 0.5) is 0 Å². The molecule has 0 aromatic carbocycles. The Balaban J connectivity index is 2.33. The molecule has 4 nitrogen and oxygen atoms in total. The third-order valence-corrected chi connectivity index (χ3v) is 4.69. The lowest BCUT2D eigenvalue weighted by Crippen LogP contribution is -2.34. The summed E-state index contributed by atoms with van der Waals surface area (Å²) in [4.78, 5) is 13.7. The van der Waals surface area contributed by atoms with E-state index >= 15 is 0 Å².